The van der Waals surface area contributed by atoms with Gasteiger partial charge in [-0.15, -0.1) is 0 Å². The van der Waals surface area contributed by atoms with Gasteiger partial charge >= 0.3 is 5.69 Å². The fraction of sp³-hybridized carbons (Fsp3) is 0.214. The van der Waals surface area contributed by atoms with Crippen LogP contribution in [0.3, 0.4) is 0 Å². The quantitative estimate of drug-likeness (QED) is 0.748. The largest absolute Gasteiger partial charge is 0.331 e. The smallest absolute Gasteiger partial charge is 0.318 e. The summed E-state index contributed by atoms with van der Waals surface area (Å²) in [5.41, 5.74) is 0.614. The summed E-state index contributed by atoms with van der Waals surface area (Å²) in [5, 5.41) is 2.66. The Balaban J connectivity index is 1.58. The van der Waals surface area contributed by atoms with Gasteiger partial charge in [-0.1, -0.05) is 0 Å². The Labute approximate surface area is 124 Å². The van der Waals surface area contributed by atoms with Gasteiger partial charge in [0.25, 0.3) is 5.91 Å². The highest BCUT2D eigenvalue weighted by Gasteiger charge is 2.26. The molecule has 0 aliphatic heterocycles. The Kier molecular flexibility index (Phi) is 2.75. The van der Waals surface area contributed by atoms with E-state index in [1.807, 2.05) is 0 Å². The molecule has 4 rings (SSSR count). The number of carbonyl (C=O) groups excluding carboxylic acids is 1. The minimum Gasteiger partial charge on any atom is -0.318 e. The van der Waals surface area contributed by atoms with Crippen molar-refractivity contribution in [3.63, 3.8) is 0 Å². The molecule has 3 aromatic rings. The summed E-state index contributed by atoms with van der Waals surface area (Å²) in [6.07, 6.45) is 8.42. The molecule has 0 atom stereocenters. The third-order valence-electron chi connectivity index (χ3n) is 3.52. The zero-order chi connectivity index (χ0) is 15.1. The van der Waals surface area contributed by atoms with Gasteiger partial charge in [0, 0.05) is 24.4 Å². The van der Waals surface area contributed by atoms with E-state index in [1.54, 1.807) is 12.4 Å². The van der Waals surface area contributed by atoms with Gasteiger partial charge in [-0.05, 0) is 12.8 Å². The lowest BCUT2D eigenvalue weighted by Gasteiger charge is -2.05. The molecule has 3 aromatic heterocycles. The number of fused-ring (bicyclic) bond motifs is 1. The number of rotatable bonds is 3. The second-order valence-corrected chi connectivity index (χ2v) is 5.20. The fourth-order valence-electron chi connectivity index (χ4n) is 2.21. The van der Waals surface area contributed by atoms with E-state index >= 15 is 0 Å². The third kappa shape index (κ3) is 2.24. The van der Waals surface area contributed by atoms with Gasteiger partial charge in [-0.3, -0.25) is 9.20 Å². The molecule has 110 valence electrons. The van der Waals surface area contributed by atoms with Crippen molar-refractivity contribution in [2.24, 2.45) is 0 Å². The number of nitrogens with one attached hydrogen (secondary N) is 2. The maximum Gasteiger partial charge on any atom is 0.331 e. The van der Waals surface area contributed by atoms with E-state index in [0.29, 0.717) is 17.3 Å². The van der Waals surface area contributed by atoms with Crippen LogP contribution >= 0.6 is 0 Å². The maximum atomic E-state index is 12.2. The predicted molar refractivity (Wildman–Crippen MR) is 77.8 cm³/mol. The van der Waals surface area contributed by atoms with Crippen LogP contribution in [0.5, 0.6) is 0 Å². The van der Waals surface area contributed by atoms with Crippen LogP contribution in [0.4, 0.5) is 5.69 Å². The summed E-state index contributed by atoms with van der Waals surface area (Å²) in [6, 6.07) is 1.51. The van der Waals surface area contributed by atoms with Crippen LogP contribution in [-0.4, -0.2) is 30.2 Å². The Morgan fingerprint density at radius 2 is 2.05 bits per heavy atom. The Bertz CT molecular complexity index is 907. The van der Waals surface area contributed by atoms with Crippen molar-refractivity contribution in [2.45, 2.75) is 18.8 Å². The van der Waals surface area contributed by atoms with E-state index < -0.39 is 11.6 Å². The highest BCUT2D eigenvalue weighted by atomic mass is 16.2. The first-order chi connectivity index (χ1) is 10.7. The summed E-state index contributed by atoms with van der Waals surface area (Å²) < 4.78 is 1.32. The Hall–Kier alpha value is -3.03. The topological polar surface area (TPSA) is 105 Å². The van der Waals surface area contributed by atoms with Crippen LogP contribution < -0.4 is 11.0 Å². The SMILES string of the molecule is O=C(Nc1cnc(C2CC2)nc1)c1cc2nccn2c(=O)[nH]1. The van der Waals surface area contributed by atoms with Gasteiger partial charge in [0.1, 0.15) is 17.2 Å². The first-order valence-corrected chi connectivity index (χ1v) is 6.90. The number of hydrogen-bond donors (Lipinski definition) is 2. The Morgan fingerprint density at radius 3 is 2.77 bits per heavy atom. The third-order valence-corrected chi connectivity index (χ3v) is 3.52. The number of H-pyrrole nitrogens is 1. The molecule has 1 aliphatic rings. The lowest BCUT2D eigenvalue weighted by atomic mass is 10.3. The van der Waals surface area contributed by atoms with Crippen LogP contribution in [0.15, 0.2) is 35.6 Å². The molecule has 3 heterocycles. The van der Waals surface area contributed by atoms with E-state index in [9.17, 15) is 9.59 Å². The van der Waals surface area contributed by atoms with Gasteiger partial charge < -0.3 is 10.3 Å². The van der Waals surface area contributed by atoms with E-state index in [4.69, 9.17) is 0 Å². The molecule has 1 fully saturated rings. The molecule has 0 spiro atoms. The highest BCUT2D eigenvalue weighted by molar-refractivity contribution is 6.03. The van der Waals surface area contributed by atoms with E-state index in [-0.39, 0.29) is 5.69 Å². The number of nitrogens with zero attached hydrogens (tertiary/aromatic N) is 4. The molecule has 1 saturated carbocycles. The van der Waals surface area contributed by atoms with Gasteiger partial charge in [0.15, 0.2) is 0 Å². The molecule has 0 saturated heterocycles. The normalized spacial score (nSPS) is 14.2. The highest BCUT2D eigenvalue weighted by Crippen LogP contribution is 2.37. The second-order valence-electron chi connectivity index (χ2n) is 5.20. The monoisotopic (exact) mass is 296 g/mol. The number of anilines is 1. The van der Waals surface area contributed by atoms with Crippen molar-refractivity contribution in [2.75, 3.05) is 5.32 Å². The standard InChI is InChI=1S/C14H12N6O2/c21-13(10-5-11-15-3-4-20(11)14(22)19-10)18-9-6-16-12(17-7-9)8-1-2-8/h3-8H,1-2H2,(H,18,21)(H,19,22). The maximum absolute atomic E-state index is 12.2. The lowest BCUT2D eigenvalue weighted by Crippen LogP contribution is -2.23. The average molecular weight is 296 g/mol. The van der Waals surface area contributed by atoms with Gasteiger partial charge in [0.05, 0.1) is 18.1 Å². The van der Waals surface area contributed by atoms with Gasteiger partial charge in [-0.25, -0.2) is 19.7 Å². The van der Waals surface area contributed by atoms with Crippen molar-refractivity contribution in [3.8, 4) is 0 Å². The van der Waals surface area contributed by atoms with Crippen LogP contribution in [0.1, 0.15) is 35.1 Å². The summed E-state index contributed by atoms with van der Waals surface area (Å²) in [6.45, 7) is 0. The molecule has 2 N–H and O–H groups in total. The number of imidazole rings is 1. The number of carbonyl (C=O) groups is 1. The molecule has 8 nitrogen and oxygen atoms in total. The van der Waals surface area contributed by atoms with Crippen LogP contribution in [0, 0.1) is 0 Å². The molecule has 1 aliphatic carbocycles. The van der Waals surface area contributed by atoms with Crippen molar-refractivity contribution < 1.29 is 4.79 Å². The van der Waals surface area contributed by atoms with Crippen LogP contribution in [0.25, 0.3) is 5.65 Å². The van der Waals surface area contributed by atoms with Crippen LogP contribution in [0.2, 0.25) is 0 Å². The zero-order valence-corrected chi connectivity index (χ0v) is 11.5. The first-order valence-electron chi connectivity index (χ1n) is 6.90. The van der Waals surface area contributed by atoms with Gasteiger partial charge in [0.2, 0.25) is 0 Å². The summed E-state index contributed by atoms with van der Waals surface area (Å²) in [7, 11) is 0. The molecule has 22 heavy (non-hydrogen) atoms. The first kappa shape index (κ1) is 12.7. The minimum absolute atomic E-state index is 0.134. The fourth-order valence-corrected chi connectivity index (χ4v) is 2.21. The predicted octanol–water partition coefficient (Wildman–Crippen LogP) is 0.942. The molecule has 0 unspecified atom stereocenters. The molecule has 1 amide bonds. The van der Waals surface area contributed by atoms with Crippen molar-refractivity contribution in [1.29, 1.82) is 0 Å². The Morgan fingerprint density at radius 1 is 1.27 bits per heavy atom. The molecule has 0 radical (unpaired) electrons. The summed E-state index contributed by atoms with van der Waals surface area (Å²) in [5.74, 6) is 0.833. The average Bonchev–Trinajstić information content (AvgIpc) is 3.25. The molecule has 8 heteroatoms. The van der Waals surface area contributed by atoms with E-state index in [1.165, 1.54) is 22.9 Å². The lowest BCUT2D eigenvalue weighted by molar-refractivity contribution is 0.102. The van der Waals surface area contributed by atoms with Crippen LogP contribution in [-0.2, 0) is 0 Å². The number of aromatic nitrogens is 5. The zero-order valence-electron chi connectivity index (χ0n) is 11.5. The van der Waals surface area contributed by atoms with E-state index in [2.05, 4.69) is 25.3 Å². The molecule has 0 bridgehead atoms. The van der Waals surface area contributed by atoms with Gasteiger partial charge in [-0.2, -0.15) is 0 Å². The van der Waals surface area contributed by atoms with Crippen molar-refractivity contribution >= 4 is 17.2 Å². The molecular formula is C14H12N6O2. The summed E-state index contributed by atoms with van der Waals surface area (Å²) >= 11 is 0. The van der Waals surface area contributed by atoms with Crippen molar-refractivity contribution in [3.05, 3.63) is 52.9 Å². The van der Waals surface area contributed by atoms with E-state index in [0.717, 1.165) is 18.7 Å². The molecule has 0 aromatic carbocycles. The number of amides is 1. The van der Waals surface area contributed by atoms with Crippen molar-refractivity contribution in [1.82, 2.24) is 24.3 Å². The minimum atomic E-state index is -0.439. The summed E-state index contributed by atoms with van der Waals surface area (Å²) in [4.78, 5) is 39.0. The molecular weight excluding hydrogens is 284 g/mol. The second kappa shape index (κ2) is 4.76. The number of aromatic amines is 1. The number of hydrogen-bond acceptors (Lipinski definition) is 5.